The van der Waals surface area contributed by atoms with Gasteiger partial charge in [0, 0.05) is 31.5 Å². The summed E-state index contributed by atoms with van der Waals surface area (Å²) < 4.78 is 5.63. The summed E-state index contributed by atoms with van der Waals surface area (Å²) in [4.78, 5) is 36.3. The van der Waals surface area contributed by atoms with Gasteiger partial charge in [-0.1, -0.05) is 12.1 Å². The number of carbonyl (C=O) groups is 3. The number of carboxylic acids is 1. The van der Waals surface area contributed by atoms with Crippen LogP contribution in [0.5, 0.6) is 5.75 Å². The first-order valence-electron chi connectivity index (χ1n) is 9.19. The van der Waals surface area contributed by atoms with Crippen LogP contribution in [0.2, 0.25) is 0 Å². The second-order valence-corrected chi connectivity index (χ2v) is 6.82. The Balaban J connectivity index is 1.70. The van der Waals surface area contributed by atoms with Gasteiger partial charge in [0.25, 0.3) is 0 Å². The molecule has 0 aliphatic carbocycles. The molecule has 6 nitrogen and oxygen atoms in total. The number of hydrogen-bond donors (Lipinski definition) is 1. The first-order chi connectivity index (χ1) is 12.5. The molecule has 1 aromatic rings. The van der Waals surface area contributed by atoms with Gasteiger partial charge < -0.3 is 14.7 Å². The lowest BCUT2D eigenvalue weighted by molar-refractivity contribution is -0.137. The second kappa shape index (κ2) is 9.94. The quantitative estimate of drug-likeness (QED) is 0.539. The van der Waals surface area contributed by atoms with E-state index in [-0.39, 0.29) is 24.0 Å². The summed E-state index contributed by atoms with van der Waals surface area (Å²) in [5.41, 5.74) is 0.610. The Labute approximate surface area is 154 Å². The molecular weight excluding hydrogens is 334 g/mol. The number of hydrogen-bond acceptors (Lipinski definition) is 4. The summed E-state index contributed by atoms with van der Waals surface area (Å²) in [5, 5.41) is 8.79. The maximum absolute atomic E-state index is 12.3. The van der Waals surface area contributed by atoms with Crippen LogP contribution in [0.1, 0.15) is 55.8 Å². The lowest BCUT2D eigenvalue weighted by Gasteiger charge is -2.32. The maximum atomic E-state index is 12.3. The number of amides is 1. The van der Waals surface area contributed by atoms with Crippen LogP contribution in [0.15, 0.2) is 24.3 Å². The molecule has 1 aromatic carbocycles. The van der Waals surface area contributed by atoms with Crippen LogP contribution in [0.4, 0.5) is 0 Å². The van der Waals surface area contributed by atoms with Crippen molar-refractivity contribution in [2.75, 3.05) is 19.7 Å². The largest absolute Gasteiger partial charge is 0.494 e. The van der Waals surface area contributed by atoms with Crippen LogP contribution < -0.4 is 4.74 Å². The Morgan fingerprint density at radius 3 is 2.81 bits per heavy atom. The summed E-state index contributed by atoms with van der Waals surface area (Å²) in [5.74, 6) is 0.241. The van der Waals surface area contributed by atoms with Crippen molar-refractivity contribution in [2.45, 2.75) is 45.4 Å². The minimum atomic E-state index is -0.778. The highest BCUT2D eigenvalue weighted by Gasteiger charge is 2.23. The molecule has 0 spiro atoms. The van der Waals surface area contributed by atoms with Crippen molar-refractivity contribution in [1.29, 1.82) is 0 Å². The van der Waals surface area contributed by atoms with E-state index in [2.05, 4.69) is 0 Å². The van der Waals surface area contributed by atoms with E-state index in [0.717, 1.165) is 19.4 Å². The van der Waals surface area contributed by atoms with E-state index in [9.17, 15) is 14.4 Å². The normalized spacial score (nSPS) is 17.0. The fourth-order valence-corrected chi connectivity index (χ4v) is 3.23. The number of carboxylic acid groups (broad SMARTS) is 1. The topological polar surface area (TPSA) is 83.9 Å². The molecule has 142 valence electrons. The van der Waals surface area contributed by atoms with Gasteiger partial charge in [0.2, 0.25) is 5.91 Å². The standard InChI is InChI=1S/C20H27NO5/c1-15(22)17-6-2-7-18(13-17)26-12-4-8-19(23)21-11-3-5-16(14-21)9-10-20(24)25/h2,6-7,13,16H,3-5,8-12,14H2,1H3,(H,24,25). The van der Waals surface area contributed by atoms with Gasteiger partial charge >= 0.3 is 5.97 Å². The molecule has 1 aliphatic heterocycles. The molecule has 1 saturated heterocycles. The number of likely N-dealkylation sites (tertiary alicyclic amines) is 1. The average molecular weight is 361 g/mol. The molecule has 0 saturated carbocycles. The van der Waals surface area contributed by atoms with Gasteiger partial charge in [-0.05, 0) is 50.7 Å². The summed E-state index contributed by atoms with van der Waals surface area (Å²) in [6, 6.07) is 7.03. The summed E-state index contributed by atoms with van der Waals surface area (Å²) in [7, 11) is 0. The van der Waals surface area contributed by atoms with Gasteiger partial charge in [0.15, 0.2) is 5.78 Å². The van der Waals surface area contributed by atoms with Gasteiger partial charge in [0.05, 0.1) is 6.61 Å². The Kier molecular flexibility index (Phi) is 7.63. The minimum absolute atomic E-state index is 0.00632. The molecule has 0 radical (unpaired) electrons. The van der Waals surface area contributed by atoms with E-state index in [0.29, 0.717) is 43.7 Å². The highest BCUT2D eigenvalue weighted by atomic mass is 16.5. The zero-order valence-electron chi connectivity index (χ0n) is 15.3. The van der Waals surface area contributed by atoms with E-state index in [1.54, 1.807) is 24.3 Å². The van der Waals surface area contributed by atoms with E-state index < -0.39 is 5.97 Å². The van der Waals surface area contributed by atoms with Gasteiger partial charge in [-0.3, -0.25) is 14.4 Å². The van der Waals surface area contributed by atoms with Crippen LogP contribution in [0.25, 0.3) is 0 Å². The van der Waals surface area contributed by atoms with Crippen molar-refractivity contribution in [3.63, 3.8) is 0 Å². The molecule has 0 aromatic heterocycles. The second-order valence-electron chi connectivity index (χ2n) is 6.82. The third-order valence-electron chi connectivity index (χ3n) is 4.68. The summed E-state index contributed by atoms with van der Waals surface area (Å²) in [6.07, 6.45) is 3.75. The number of carbonyl (C=O) groups excluding carboxylic acids is 2. The molecule has 1 amide bonds. The van der Waals surface area contributed by atoms with Gasteiger partial charge in [-0.15, -0.1) is 0 Å². The fourth-order valence-electron chi connectivity index (χ4n) is 3.23. The number of ether oxygens (including phenoxy) is 1. The number of piperidine rings is 1. The fraction of sp³-hybridized carbons (Fsp3) is 0.550. The summed E-state index contributed by atoms with van der Waals surface area (Å²) >= 11 is 0. The predicted molar refractivity (Wildman–Crippen MR) is 97.3 cm³/mol. The third-order valence-corrected chi connectivity index (χ3v) is 4.68. The molecule has 1 atom stereocenters. The molecule has 1 fully saturated rings. The van der Waals surface area contributed by atoms with Crippen LogP contribution in [-0.2, 0) is 9.59 Å². The summed E-state index contributed by atoms with van der Waals surface area (Å²) in [6.45, 7) is 3.35. The number of ketones is 1. The minimum Gasteiger partial charge on any atom is -0.494 e. The SMILES string of the molecule is CC(=O)c1cccc(OCCCC(=O)N2CCCC(CCC(=O)O)C2)c1. The van der Waals surface area contributed by atoms with Crippen LogP contribution in [0, 0.1) is 5.92 Å². The number of aliphatic carboxylic acids is 1. The maximum Gasteiger partial charge on any atom is 0.303 e. The molecule has 1 N–H and O–H groups in total. The molecule has 1 unspecified atom stereocenters. The van der Waals surface area contributed by atoms with Crippen LogP contribution >= 0.6 is 0 Å². The zero-order valence-corrected chi connectivity index (χ0v) is 15.3. The van der Waals surface area contributed by atoms with E-state index in [4.69, 9.17) is 9.84 Å². The lowest BCUT2D eigenvalue weighted by atomic mass is 9.93. The number of benzene rings is 1. The lowest BCUT2D eigenvalue weighted by Crippen LogP contribution is -2.40. The molecular formula is C20H27NO5. The number of nitrogens with zero attached hydrogens (tertiary/aromatic N) is 1. The molecule has 6 heteroatoms. The monoisotopic (exact) mass is 361 g/mol. The van der Waals surface area contributed by atoms with Crippen molar-refractivity contribution in [3.05, 3.63) is 29.8 Å². The Morgan fingerprint density at radius 2 is 2.08 bits per heavy atom. The Morgan fingerprint density at radius 1 is 1.27 bits per heavy atom. The smallest absolute Gasteiger partial charge is 0.303 e. The average Bonchev–Trinajstić information content (AvgIpc) is 2.64. The molecule has 1 aliphatic rings. The van der Waals surface area contributed by atoms with Crippen molar-refractivity contribution >= 4 is 17.7 Å². The zero-order chi connectivity index (χ0) is 18.9. The van der Waals surface area contributed by atoms with Crippen molar-refractivity contribution in [2.24, 2.45) is 5.92 Å². The molecule has 0 bridgehead atoms. The number of Topliss-reactive ketones (excluding diaryl/α,β-unsaturated/α-hetero) is 1. The van der Waals surface area contributed by atoms with E-state index >= 15 is 0 Å². The first-order valence-corrected chi connectivity index (χ1v) is 9.19. The van der Waals surface area contributed by atoms with Crippen molar-refractivity contribution in [3.8, 4) is 5.75 Å². The van der Waals surface area contributed by atoms with E-state index in [1.807, 2.05) is 4.90 Å². The molecule has 2 rings (SSSR count). The van der Waals surface area contributed by atoms with Gasteiger partial charge in [-0.25, -0.2) is 0 Å². The van der Waals surface area contributed by atoms with Gasteiger partial charge in [-0.2, -0.15) is 0 Å². The first kappa shape index (κ1) is 19.9. The molecule has 1 heterocycles. The van der Waals surface area contributed by atoms with Gasteiger partial charge in [0.1, 0.15) is 5.75 Å². The highest BCUT2D eigenvalue weighted by molar-refractivity contribution is 5.94. The third kappa shape index (κ3) is 6.50. The van der Waals surface area contributed by atoms with Crippen LogP contribution in [0.3, 0.4) is 0 Å². The Bertz CT molecular complexity index is 643. The van der Waals surface area contributed by atoms with Crippen molar-refractivity contribution in [1.82, 2.24) is 4.90 Å². The van der Waals surface area contributed by atoms with E-state index in [1.165, 1.54) is 6.92 Å². The molecule has 26 heavy (non-hydrogen) atoms. The Hall–Kier alpha value is -2.37. The van der Waals surface area contributed by atoms with Crippen molar-refractivity contribution < 1.29 is 24.2 Å². The highest BCUT2D eigenvalue weighted by Crippen LogP contribution is 2.22. The van der Waals surface area contributed by atoms with Crippen LogP contribution in [-0.4, -0.2) is 47.4 Å². The number of rotatable bonds is 9. The predicted octanol–water partition coefficient (Wildman–Crippen LogP) is 3.15.